The summed E-state index contributed by atoms with van der Waals surface area (Å²) in [4.78, 5) is 0. The second kappa shape index (κ2) is 4.27. The maximum Gasteiger partial charge on any atom is 0.459 e. The Balaban J connectivity index is 3.38. The van der Waals surface area contributed by atoms with E-state index in [4.69, 9.17) is 5.26 Å². The van der Waals surface area contributed by atoms with Gasteiger partial charge in [-0.05, 0) is 6.42 Å². The van der Waals surface area contributed by atoms with E-state index in [-0.39, 0.29) is 13.0 Å². The fourth-order valence-electron chi connectivity index (χ4n) is 1.20. The van der Waals surface area contributed by atoms with Gasteiger partial charge in [-0.25, -0.2) is 4.68 Å². The number of nitriles is 1. The fourth-order valence-corrected chi connectivity index (χ4v) is 1.20. The van der Waals surface area contributed by atoms with E-state index in [0.717, 1.165) is 0 Å². The van der Waals surface area contributed by atoms with Crippen molar-refractivity contribution in [3.63, 3.8) is 0 Å². The van der Waals surface area contributed by atoms with E-state index < -0.39 is 23.5 Å². The van der Waals surface area contributed by atoms with Crippen LogP contribution in [-0.2, 0) is 12.5 Å². The van der Waals surface area contributed by atoms with E-state index in [1.54, 1.807) is 6.92 Å². The van der Waals surface area contributed by atoms with Crippen molar-refractivity contribution >= 4 is 0 Å². The minimum absolute atomic E-state index is 0.171. The van der Waals surface area contributed by atoms with Crippen LogP contribution in [0.5, 0.6) is 0 Å². The molecule has 1 aromatic rings. The molecule has 0 saturated heterocycles. The largest absolute Gasteiger partial charge is 0.459 e. The van der Waals surface area contributed by atoms with E-state index in [9.17, 15) is 22.0 Å². The van der Waals surface area contributed by atoms with Gasteiger partial charge < -0.3 is 0 Å². The molecular formula is C8H7F5N4. The second-order valence-electron chi connectivity index (χ2n) is 3.19. The average Bonchev–Trinajstić information content (AvgIpc) is 2.60. The van der Waals surface area contributed by atoms with E-state index in [0.29, 0.717) is 4.68 Å². The summed E-state index contributed by atoms with van der Waals surface area (Å²) < 4.78 is 63.3. The number of aromatic nitrogens is 3. The molecule has 0 spiro atoms. The first kappa shape index (κ1) is 13.3. The number of halogens is 5. The van der Waals surface area contributed by atoms with Gasteiger partial charge in [0.05, 0.1) is 0 Å². The van der Waals surface area contributed by atoms with Crippen LogP contribution >= 0.6 is 0 Å². The van der Waals surface area contributed by atoms with Crippen molar-refractivity contribution in [2.45, 2.75) is 32.0 Å². The topological polar surface area (TPSA) is 54.5 Å². The predicted molar refractivity (Wildman–Crippen MR) is 45.0 cm³/mol. The summed E-state index contributed by atoms with van der Waals surface area (Å²) in [5.41, 5.74) is -2.52. The van der Waals surface area contributed by atoms with Crippen LogP contribution in [0.25, 0.3) is 0 Å². The summed E-state index contributed by atoms with van der Waals surface area (Å²) in [5, 5.41) is 14.6. The number of aryl methyl sites for hydroxylation is 1. The lowest BCUT2D eigenvalue weighted by atomic mass is 10.2. The molecule has 0 aliphatic rings. The van der Waals surface area contributed by atoms with Crippen molar-refractivity contribution in [2.24, 2.45) is 0 Å². The lowest BCUT2D eigenvalue weighted by Gasteiger charge is -2.20. The first-order chi connectivity index (χ1) is 7.75. The minimum Gasteiger partial charge on any atom is -0.241 e. The monoisotopic (exact) mass is 254 g/mol. The Morgan fingerprint density at radius 2 is 1.88 bits per heavy atom. The van der Waals surface area contributed by atoms with E-state index in [1.807, 2.05) is 0 Å². The third kappa shape index (κ3) is 2.20. The van der Waals surface area contributed by atoms with Gasteiger partial charge in [0, 0.05) is 6.54 Å². The molecule has 0 radical (unpaired) electrons. The molecule has 0 bridgehead atoms. The first-order valence-electron chi connectivity index (χ1n) is 4.54. The highest BCUT2D eigenvalue weighted by atomic mass is 19.4. The third-order valence-electron chi connectivity index (χ3n) is 1.93. The molecular weight excluding hydrogens is 247 g/mol. The zero-order chi connectivity index (χ0) is 13.3. The zero-order valence-corrected chi connectivity index (χ0v) is 8.59. The summed E-state index contributed by atoms with van der Waals surface area (Å²) >= 11 is 0. The van der Waals surface area contributed by atoms with Crippen LogP contribution in [0, 0.1) is 11.3 Å². The quantitative estimate of drug-likeness (QED) is 0.777. The van der Waals surface area contributed by atoms with Gasteiger partial charge in [0.25, 0.3) is 0 Å². The van der Waals surface area contributed by atoms with Gasteiger partial charge >= 0.3 is 12.1 Å². The van der Waals surface area contributed by atoms with E-state index in [1.165, 1.54) is 6.07 Å². The Morgan fingerprint density at radius 3 is 2.29 bits per heavy atom. The summed E-state index contributed by atoms with van der Waals surface area (Å²) in [6, 6.07) is 1.18. The number of hydrogen-bond acceptors (Lipinski definition) is 3. The maximum atomic E-state index is 13.2. The van der Waals surface area contributed by atoms with Gasteiger partial charge in [-0.3, -0.25) is 0 Å². The molecule has 1 aromatic heterocycles. The highest BCUT2D eigenvalue weighted by Crippen LogP contribution is 2.44. The predicted octanol–water partition coefficient (Wildman–Crippen LogP) is 2.21. The second-order valence-corrected chi connectivity index (χ2v) is 3.19. The molecule has 0 unspecified atom stereocenters. The molecule has 0 atom stereocenters. The van der Waals surface area contributed by atoms with E-state index >= 15 is 0 Å². The molecule has 17 heavy (non-hydrogen) atoms. The molecule has 0 N–H and O–H groups in total. The van der Waals surface area contributed by atoms with Crippen molar-refractivity contribution in [1.82, 2.24) is 15.0 Å². The lowest BCUT2D eigenvalue weighted by Crippen LogP contribution is -2.36. The number of rotatable bonds is 3. The van der Waals surface area contributed by atoms with Gasteiger partial charge in [-0.2, -0.15) is 27.2 Å². The molecule has 4 nitrogen and oxygen atoms in total. The first-order valence-corrected chi connectivity index (χ1v) is 4.54. The molecule has 9 heteroatoms. The van der Waals surface area contributed by atoms with E-state index in [2.05, 4.69) is 10.3 Å². The molecule has 0 aliphatic carbocycles. The summed E-state index contributed by atoms with van der Waals surface area (Å²) in [5.74, 6) is -5.14. The Labute approximate surface area is 92.6 Å². The molecule has 0 amide bonds. The van der Waals surface area contributed by atoms with Crippen molar-refractivity contribution in [3.8, 4) is 6.07 Å². The summed E-state index contributed by atoms with van der Waals surface area (Å²) in [6.45, 7) is 1.40. The smallest absolute Gasteiger partial charge is 0.241 e. The van der Waals surface area contributed by atoms with Crippen molar-refractivity contribution in [1.29, 1.82) is 5.26 Å². The Hall–Kier alpha value is -1.72. The number of hydrogen-bond donors (Lipinski definition) is 0. The standard InChI is InChI=1S/C8H7F5N4/c1-2-3-17-6(5(4-14)15-16-17)7(9,10)8(11,12)13/h2-3H2,1H3. The Kier molecular flexibility index (Phi) is 3.35. The van der Waals surface area contributed by atoms with Crippen LogP contribution in [0.2, 0.25) is 0 Å². The lowest BCUT2D eigenvalue weighted by molar-refractivity contribution is -0.292. The zero-order valence-electron chi connectivity index (χ0n) is 8.59. The third-order valence-corrected chi connectivity index (χ3v) is 1.93. The molecule has 0 fully saturated rings. The maximum absolute atomic E-state index is 13.2. The van der Waals surface area contributed by atoms with Gasteiger partial charge in [0.15, 0.2) is 11.4 Å². The van der Waals surface area contributed by atoms with Crippen molar-refractivity contribution in [3.05, 3.63) is 11.4 Å². The molecule has 1 heterocycles. The molecule has 94 valence electrons. The van der Waals surface area contributed by atoms with Gasteiger partial charge in [0.2, 0.25) is 0 Å². The average molecular weight is 254 g/mol. The van der Waals surface area contributed by atoms with Crippen LogP contribution in [0.15, 0.2) is 0 Å². The van der Waals surface area contributed by atoms with Crippen molar-refractivity contribution < 1.29 is 22.0 Å². The Morgan fingerprint density at radius 1 is 1.29 bits per heavy atom. The van der Waals surface area contributed by atoms with Crippen LogP contribution in [0.1, 0.15) is 24.7 Å². The normalized spacial score (nSPS) is 12.5. The minimum atomic E-state index is -5.79. The van der Waals surface area contributed by atoms with Crippen LogP contribution in [0.4, 0.5) is 22.0 Å². The fraction of sp³-hybridized carbons (Fsp3) is 0.625. The van der Waals surface area contributed by atoms with Crippen LogP contribution < -0.4 is 0 Å². The molecule has 0 saturated carbocycles. The Bertz CT molecular complexity index is 442. The van der Waals surface area contributed by atoms with Crippen LogP contribution in [0.3, 0.4) is 0 Å². The van der Waals surface area contributed by atoms with Gasteiger partial charge in [-0.15, -0.1) is 5.10 Å². The summed E-state index contributed by atoms with van der Waals surface area (Å²) in [7, 11) is 0. The van der Waals surface area contributed by atoms with Gasteiger partial charge in [0.1, 0.15) is 6.07 Å². The molecule has 0 aromatic carbocycles. The highest BCUT2D eigenvalue weighted by Gasteiger charge is 2.62. The summed E-state index contributed by atoms with van der Waals surface area (Å²) in [6.07, 6.45) is -5.50. The molecule has 1 rings (SSSR count). The number of nitrogens with zero attached hydrogens (tertiary/aromatic N) is 4. The SMILES string of the molecule is CCCn1nnc(C#N)c1C(F)(F)C(F)(F)F. The highest BCUT2D eigenvalue weighted by molar-refractivity contribution is 5.29. The molecule has 0 aliphatic heterocycles. The van der Waals surface area contributed by atoms with Crippen LogP contribution in [-0.4, -0.2) is 21.2 Å². The van der Waals surface area contributed by atoms with Crippen molar-refractivity contribution in [2.75, 3.05) is 0 Å². The van der Waals surface area contributed by atoms with Gasteiger partial charge in [-0.1, -0.05) is 12.1 Å². The number of alkyl halides is 5.